The molecule has 0 bridgehead atoms. The van der Waals surface area contributed by atoms with Gasteiger partial charge in [0.2, 0.25) is 5.91 Å². The molecule has 3 rings (SSSR count). The van der Waals surface area contributed by atoms with Crippen LogP contribution in [0.15, 0.2) is 0 Å². The highest BCUT2D eigenvalue weighted by Gasteiger charge is 2.31. The Hall–Kier alpha value is -0.690. The molecule has 2 saturated heterocycles. The lowest BCUT2D eigenvalue weighted by Gasteiger charge is -2.41. The van der Waals surface area contributed by atoms with Crippen molar-refractivity contribution < 1.29 is 9.53 Å². The van der Waals surface area contributed by atoms with Crippen LogP contribution in [0.5, 0.6) is 0 Å². The molecule has 1 aliphatic carbocycles. The minimum Gasteiger partial charge on any atom is -0.374 e. The largest absolute Gasteiger partial charge is 0.374 e. The number of morpholine rings is 1. The maximum Gasteiger partial charge on any atom is 0.225 e. The third kappa shape index (κ3) is 5.16. The summed E-state index contributed by atoms with van der Waals surface area (Å²) in [4.78, 5) is 19.8. The summed E-state index contributed by atoms with van der Waals surface area (Å²) >= 11 is 0. The second-order valence-corrected chi connectivity index (χ2v) is 8.33. The summed E-state index contributed by atoms with van der Waals surface area (Å²) in [5.41, 5.74) is 6.05. The molecule has 0 aromatic heterocycles. The van der Waals surface area contributed by atoms with E-state index in [4.69, 9.17) is 10.5 Å². The highest BCUT2D eigenvalue weighted by Crippen LogP contribution is 2.25. The van der Waals surface area contributed by atoms with Crippen molar-refractivity contribution >= 4 is 5.91 Å². The zero-order chi connectivity index (χ0) is 17.8. The van der Waals surface area contributed by atoms with Crippen molar-refractivity contribution in [3.8, 4) is 0 Å². The lowest BCUT2D eigenvalue weighted by molar-refractivity contribution is -0.139. The molecule has 25 heavy (non-hydrogen) atoms. The fraction of sp³-hybridized carbons (Fsp3) is 0.947. The van der Waals surface area contributed by atoms with E-state index in [0.29, 0.717) is 18.1 Å². The lowest BCUT2D eigenvalue weighted by atomic mass is 9.85. The van der Waals surface area contributed by atoms with Crippen LogP contribution in [0.3, 0.4) is 0 Å². The van der Waals surface area contributed by atoms with Crippen molar-refractivity contribution in [2.24, 2.45) is 11.7 Å². The SMILES string of the molecule is CC(C)N1CCOC(CN2CCN(C(=O)C3CCCC(N)C3)CC2)C1. The standard InChI is InChI=1S/C19H36N4O2/c1-15(2)23-10-11-25-18(14-23)13-21-6-8-22(9-7-21)19(24)16-4-3-5-17(20)12-16/h15-18H,3-14,20H2,1-2H3. The molecule has 2 N–H and O–H groups in total. The Morgan fingerprint density at radius 1 is 1.16 bits per heavy atom. The molecule has 0 aromatic carbocycles. The van der Waals surface area contributed by atoms with E-state index in [2.05, 4.69) is 28.5 Å². The Labute approximate surface area is 152 Å². The van der Waals surface area contributed by atoms with E-state index in [1.54, 1.807) is 0 Å². The van der Waals surface area contributed by atoms with Crippen LogP contribution in [0.2, 0.25) is 0 Å². The second kappa shape index (κ2) is 8.80. The number of ether oxygens (including phenoxy) is 1. The molecule has 3 unspecified atom stereocenters. The van der Waals surface area contributed by atoms with Gasteiger partial charge in [0.1, 0.15) is 0 Å². The van der Waals surface area contributed by atoms with Gasteiger partial charge in [0.05, 0.1) is 12.7 Å². The van der Waals surface area contributed by atoms with Gasteiger partial charge in [-0.3, -0.25) is 14.6 Å². The molecular formula is C19H36N4O2. The van der Waals surface area contributed by atoms with Crippen molar-refractivity contribution in [2.75, 3.05) is 52.4 Å². The van der Waals surface area contributed by atoms with Crippen LogP contribution in [0, 0.1) is 5.92 Å². The Bertz CT molecular complexity index is 437. The highest BCUT2D eigenvalue weighted by molar-refractivity contribution is 5.79. The fourth-order valence-electron chi connectivity index (χ4n) is 4.47. The van der Waals surface area contributed by atoms with E-state index in [9.17, 15) is 4.79 Å². The van der Waals surface area contributed by atoms with Gasteiger partial charge in [0, 0.05) is 63.8 Å². The monoisotopic (exact) mass is 352 g/mol. The van der Waals surface area contributed by atoms with Crippen molar-refractivity contribution in [3.05, 3.63) is 0 Å². The van der Waals surface area contributed by atoms with Gasteiger partial charge in [0.15, 0.2) is 0 Å². The zero-order valence-electron chi connectivity index (χ0n) is 16.0. The molecule has 0 spiro atoms. The number of nitrogens with zero attached hydrogens (tertiary/aromatic N) is 3. The highest BCUT2D eigenvalue weighted by atomic mass is 16.5. The van der Waals surface area contributed by atoms with Crippen LogP contribution < -0.4 is 5.73 Å². The number of rotatable bonds is 4. The van der Waals surface area contributed by atoms with Gasteiger partial charge in [-0.15, -0.1) is 0 Å². The van der Waals surface area contributed by atoms with Crippen LogP contribution >= 0.6 is 0 Å². The quantitative estimate of drug-likeness (QED) is 0.809. The van der Waals surface area contributed by atoms with Crippen LogP contribution in [-0.2, 0) is 9.53 Å². The van der Waals surface area contributed by atoms with Crippen LogP contribution in [0.4, 0.5) is 0 Å². The number of hydrogen-bond acceptors (Lipinski definition) is 5. The molecule has 3 fully saturated rings. The molecule has 2 heterocycles. The minimum absolute atomic E-state index is 0.163. The maximum absolute atomic E-state index is 12.7. The summed E-state index contributed by atoms with van der Waals surface area (Å²) in [5.74, 6) is 0.506. The van der Waals surface area contributed by atoms with E-state index in [-0.39, 0.29) is 12.0 Å². The zero-order valence-corrected chi connectivity index (χ0v) is 16.0. The average Bonchev–Trinajstić information content (AvgIpc) is 2.62. The van der Waals surface area contributed by atoms with E-state index >= 15 is 0 Å². The van der Waals surface area contributed by atoms with Crippen molar-refractivity contribution in [1.82, 2.24) is 14.7 Å². The van der Waals surface area contributed by atoms with E-state index in [1.807, 2.05) is 0 Å². The van der Waals surface area contributed by atoms with Gasteiger partial charge in [0.25, 0.3) is 0 Å². The molecule has 144 valence electrons. The van der Waals surface area contributed by atoms with Gasteiger partial charge >= 0.3 is 0 Å². The second-order valence-electron chi connectivity index (χ2n) is 8.33. The van der Waals surface area contributed by atoms with E-state index in [0.717, 1.165) is 78.1 Å². The maximum atomic E-state index is 12.7. The van der Waals surface area contributed by atoms with Gasteiger partial charge in [-0.1, -0.05) is 6.42 Å². The summed E-state index contributed by atoms with van der Waals surface area (Å²) < 4.78 is 5.96. The smallest absolute Gasteiger partial charge is 0.225 e. The molecular weight excluding hydrogens is 316 g/mol. The molecule has 1 saturated carbocycles. The first-order valence-electron chi connectivity index (χ1n) is 10.2. The number of nitrogens with two attached hydrogens (primary N) is 1. The molecule has 0 aromatic rings. The number of amides is 1. The fourth-order valence-corrected chi connectivity index (χ4v) is 4.47. The Balaban J connectivity index is 1.42. The van der Waals surface area contributed by atoms with Crippen molar-refractivity contribution in [3.63, 3.8) is 0 Å². The number of carbonyl (C=O) groups excluding carboxylic acids is 1. The molecule has 6 nitrogen and oxygen atoms in total. The predicted octanol–water partition coefficient (Wildman–Crippen LogP) is 0.757. The normalized spacial score (nSPS) is 33.0. The average molecular weight is 353 g/mol. The van der Waals surface area contributed by atoms with Crippen LogP contribution in [0.1, 0.15) is 39.5 Å². The summed E-state index contributed by atoms with van der Waals surface area (Å²) in [6, 6.07) is 0.805. The number of piperazine rings is 1. The Morgan fingerprint density at radius 2 is 1.92 bits per heavy atom. The van der Waals surface area contributed by atoms with Crippen LogP contribution in [0.25, 0.3) is 0 Å². The molecule has 0 radical (unpaired) electrons. The lowest BCUT2D eigenvalue weighted by Crippen LogP contribution is -2.55. The van der Waals surface area contributed by atoms with E-state index < -0.39 is 0 Å². The first-order chi connectivity index (χ1) is 12.0. The van der Waals surface area contributed by atoms with Crippen molar-refractivity contribution in [2.45, 2.75) is 57.7 Å². The first kappa shape index (κ1) is 19.1. The van der Waals surface area contributed by atoms with Gasteiger partial charge in [-0.2, -0.15) is 0 Å². The summed E-state index contributed by atoms with van der Waals surface area (Å²) in [7, 11) is 0. The topological polar surface area (TPSA) is 62.0 Å². The van der Waals surface area contributed by atoms with E-state index in [1.165, 1.54) is 0 Å². The third-order valence-electron chi connectivity index (χ3n) is 6.11. The molecule has 3 aliphatic rings. The summed E-state index contributed by atoms with van der Waals surface area (Å²) in [5, 5.41) is 0. The number of carbonyl (C=O) groups is 1. The van der Waals surface area contributed by atoms with Crippen molar-refractivity contribution in [1.29, 1.82) is 0 Å². The Morgan fingerprint density at radius 3 is 2.60 bits per heavy atom. The summed E-state index contributed by atoms with van der Waals surface area (Å²) in [6.07, 6.45) is 4.37. The van der Waals surface area contributed by atoms with Gasteiger partial charge in [-0.25, -0.2) is 0 Å². The summed E-state index contributed by atoms with van der Waals surface area (Å²) in [6.45, 7) is 12.0. The predicted molar refractivity (Wildman–Crippen MR) is 99.4 cm³/mol. The Kier molecular flexibility index (Phi) is 6.72. The first-order valence-corrected chi connectivity index (χ1v) is 10.2. The van der Waals surface area contributed by atoms with Gasteiger partial charge in [-0.05, 0) is 33.1 Å². The molecule has 6 heteroatoms. The van der Waals surface area contributed by atoms with Crippen LogP contribution in [-0.4, -0.2) is 91.2 Å². The molecule has 3 atom stereocenters. The molecule has 2 aliphatic heterocycles. The molecule has 1 amide bonds. The van der Waals surface area contributed by atoms with Gasteiger partial charge < -0.3 is 15.4 Å². The minimum atomic E-state index is 0.163. The number of hydrogen-bond donors (Lipinski definition) is 1. The third-order valence-corrected chi connectivity index (χ3v) is 6.11.